The van der Waals surface area contributed by atoms with Gasteiger partial charge in [0.1, 0.15) is 11.4 Å². The van der Waals surface area contributed by atoms with E-state index in [-0.39, 0.29) is 11.6 Å². The molecule has 1 aromatic rings. The van der Waals surface area contributed by atoms with Crippen molar-refractivity contribution in [3.63, 3.8) is 0 Å². The van der Waals surface area contributed by atoms with Crippen LogP contribution in [0.4, 0.5) is 0 Å². The van der Waals surface area contributed by atoms with Crippen LogP contribution in [0, 0.1) is 0 Å². The predicted octanol–water partition coefficient (Wildman–Crippen LogP) is 2.94. The number of allylic oxidation sites excluding steroid dienone is 1. The fraction of sp³-hybridized carbons (Fsp3) is 0.412. The number of ketones is 2. The molecule has 0 aliphatic heterocycles. The van der Waals surface area contributed by atoms with Crippen LogP contribution in [0.1, 0.15) is 43.5 Å². The normalized spacial score (nSPS) is 11.0. The molecule has 0 unspecified atom stereocenters. The Kier molecular flexibility index (Phi) is 6.31. The molecule has 0 atom stereocenters. The summed E-state index contributed by atoms with van der Waals surface area (Å²) in [6.45, 7) is 6.86. The summed E-state index contributed by atoms with van der Waals surface area (Å²) in [5.41, 5.74) is -0.925. The van der Waals surface area contributed by atoms with Crippen LogP contribution in [-0.4, -0.2) is 28.9 Å². The maximum atomic E-state index is 11.8. The van der Waals surface area contributed by atoms with Gasteiger partial charge in [0.15, 0.2) is 11.6 Å². The van der Waals surface area contributed by atoms with Gasteiger partial charge in [-0.3, -0.25) is 9.59 Å². The maximum absolute atomic E-state index is 11.8. The van der Waals surface area contributed by atoms with Crippen molar-refractivity contribution >= 4 is 11.6 Å². The predicted molar refractivity (Wildman–Crippen MR) is 81.6 cm³/mol. The average Bonchev–Trinajstić information content (AvgIpc) is 2.45. The third-order valence-corrected chi connectivity index (χ3v) is 2.99. The Morgan fingerprint density at radius 2 is 1.86 bits per heavy atom. The number of carbonyl (C=O) groups is 2. The van der Waals surface area contributed by atoms with E-state index in [1.807, 2.05) is 0 Å². The summed E-state index contributed by atoms with van der Waals surface area (Å²) < 4.78 is 5.53. The van der Waals surface area contributed by atoms with E-state index in [0.717, 1.165) is 12.8 Å². The van der Waals surface area contributed by atoms with Gasteiger partial charge in [0.05, 0.1) is 6.61 Å². The Balaban J connectivity index is 2.40. The Bertz CT molecular complexity index is 495. The SMILES string of the molecule is C=CC(=O)CCCCOc1ccc(C(=O)C(C)(C)O)cc1. The van der Waals surface area contributed by atoms with Crippen molar-refractivity contribution in [1.82, 2.24) is 0 Å². The largest absolute Gasteiger partial charge is 0.494 e. The van der Waals surface area contributed by atoms with Crippen LogP contribution < -0.4 is 4.74 Å². The standard InChI is InChI=1S/C17H22O4/c1-4-14(18)7-5-6-12-21-15-10-8-13(9-11-15)16(19)17(2,3)20/h4,8-11,20H,1,5-7,12H2,2-3H3. The number of ether oxygens (including phenoxy) is 1. The molecule has 0 bridgehead atoms. The van der Waals surface area contributed by atoms with Crippen LogP contribution in [-0.2, 0) is 4.79 Å². The molecule has 4 nitrogen and oxygen atoms in total. The lowest BCUT2D eigenvalue weighted by Gasteiger charge is -2.15. The minimum Gasteiger partial charge on any atom is -0.494 e. The summed E-state index contributed by atoms with van der Waals surface area (Å²) in [7, 11) is 0. The van der Waals surface area contributed by atoms with Crippen LogP contribution in [0.5, 0.6) is 5.75 Å². The number of rotatable bonds is 9. The van der Waals surface area contributed by atoms with Gasteiger partial charge in [-0.05, 0) is 57.0 Å². The smallest absolute Gasteiger partial charge is 0.193 e. The van der Waals surface area contributed by atoms with Gasteiger partial charge in [0, 0.05) is 12.0 Å². The maximum Gasteiger partial charge on any atom is 0.193 e. The van der Waals surface area contributed by atoms with Crippen molar-refractivity contribution in [2.45, 2.75) is 38.7 Å². The summed E-state index contributed by atoms with van der Waals surface area (Å²) >= 11 is 0. The van der Waals surface area contributed by atoms with Crippen LogP contribution in [0.25, 0.3) is 0 Å². The van der Waals surface area contributed by atoms with Crippen molar-refractivity contribution in [1.29, 1.82) is 0 Å². The number of aliphatic hydroxyl groups is 1. The fourth-order valence-electron chi connectivity index (χ4n) is 1.75. The van der Waals surface area contributed by atoms with Crippen molar-refractivity contribution in [2.75, 3.05) is 6.61 Å². The number of Topliss-reactive ketones (excluding diaryl/α,β-unsaturated/α-hetero) is 1. The molecule has 0 heterocycles. The fourth-order valence-corrected chi connectivity index (χ4v) is 1.75. The zero-order valence-corrected chi connectivity index (χ0v) is 12.6. The summed E-state index contributed by atoms with van der Waals surface area (Å²) in [5, 5.41) is 9.66. The van der Waals surface area contributed by atoms with E-state index in [2.05, 4.69) is 6.58 Å². The molecule has 0 amide bonds. The molecule has 0 aliphatic rings. The minimum absolute atomic E-state index is 0.0458. The first-order chi connectivity index (χ1) is 9.84. The molecule has 0 fully saturated rings. The zero-order valence-electron chi connectivity index (χ0n) is 12.6. The number of hydrogen-bond acceptors (Lipinski definition) is 4. The van der Waals surface area contributed by atoms with Crippen molar-refractivity contribution in [3.05, 3.63) is 42.5 Å². The highest BCUT2D eigenvalue weighted by molar-refractivity contribution is 6.01. The van der Waals surface area contributed by atoms with Crippen molar-refractivity contribution in [3.8, 4) is 5.75 Å². The number of unbranched alkanes of at least 4 members (excludes halogenated alkanes) is 1. The van der Waals surface area contributed by atoms with E-state index >= 15 is 0 Å². The molecule has 0 saturated heterocycles. The van der Waals surface area contributed by atoms with Gasteiger partial charge in [0.25, 0.3) is 0 Å². The van der Waals surface area contributed by atoms with E-state index in [4.69, 9.17) is 4.74 Å². The molecule has 1 rings (SSSR count). The lowest BCUT2D eigenvalue weighted by molar-refractivity contribution is -0.114. The summed E-state index contributed by atoms with van der Waals surface area (Å²) in [4.78, 5) is 22.9. The lowest BCUT2D eigenvalue weighted by Crippen LogP contribution is -2.30. The average molecular weight is 290 g/mol. The van der Waals surface area contributed by atoms with E-state index in [1.54, 1.807) is 24.3 Å². The van der Waals surface area contributed by atoms with Crippen LogP contribution in [0.15, 0.2) is 36.9 Å². The summed E-state index contributed by atoms with van der Waals surface area (Å²) in [6.07, 6.45) is 3.37. The molecule has 0 spiro atoms. The number of benzene rings is 1. The van der Waals surface area contributed by atoms with Gasteiger partial charge in [0.2, 0.25) is 0 Å². The second kappa shape index (κ2) is 7.74. The van der Waals surface area contributed by atoms with Gasteiger partial charge in [-0.1, -0.05) is 6.58 Å². The Morgan fingerprint density at radius 3 is 2.38 bits per heavy atom. The van der Waals surface area contributed by atoms with E-state index in [1.165, 1.54) is 19.9 Å². The monoisotopic (exact) mass is 290 g/mol. The minimum atomic E-state index is -1.37. The molecule has 0 radical (unpaired) electrons. The molecule has 0 aromatic heterocycles. The van der Waals surface area contributed by atoms with Gasteiger partial charge >= 0.3 is 0 Å². The second-order valence-electron chi connectivity index (χ2n) is 5.39. The first-order valence-corrected chi connectivity index (χ1v) is 7.00. The molecule has 21 heavy (non-hydrogen) atoms. The highest BCUT2D eigenvalue weighted by Gasteiger charge is 2.24. The third kappa shape index (κ3) is 5.92. The topological polar surface area (TPSA) is 63.6 Å². The molecule has 1 aromatic carbocycles. The highest BCUT2D eigenvalue weighted by Crippen LogP contribution is 2.17. The molecule has 0 saturated carbocycles. The molecular weight excluding hydrogens is 268 g/mol. The third-order valence-electron chi connectivity index (χ3n) is 2.99. The van der Waals surface area contributed by atoms with Crippen molar-refractivity contribution < 1.29 is 19.4 Å². The molecular formula is C17H22O4. The molecule has 4 heteroatoms. The Hall–Kier alpha value is -1.94. The summed E-state index contributed by atoms with van der Waals surface area (Å²) in [5.74, 6) is 0.388. The molecule has 0 aliphatic carbocycles. The Labute approximate surface area is 125 Å². The first kappa shape index (κ1) is 17.1. The van der Waals surface area contributed by atoms with E-state index in [9.17, 15) is 14.7 Å². The lowest BCUT2D eigenvalue weighted by atomic mass is 9.97. The van der Waals surface area contributed by atoms with Crippen LogP contribution in [0.3, 0.4) is 0 Å². The number of carbonyl (C=O) groups excluding carboxylic acids is 2. The van der Waals surface area contributed by atoms with Gasteiger partial charge in [-0.2, -0.15) is 0 Å². The number of hydrogen-bond donors (Lipinski definition) is 1. The zero-order chi connectivity index (χ0) is 15.9. The van der Waals surface area contributed by atoms with Gasteiger partial charge in [-0.25, -0.2) is 0 Å². The highest BCUT2D eigenvalue weighted by atomic mass is 16.5. The first-order valence-electron chi connectivity index (χ1n) is 7.00. The summed E-state index contributed by atoms with van der Waals surface area (Å²) in [6, 6.07) is 6.68. The Morgan fingerprint density at radius 1 is 1.24 bits per heavy atom. The van der Waals surface area contributed by atoms with E-state index < -0.39 is 5.60 Å². The van der Waals surface area contributed by atoms with Gasteiger partial charge < -0.3 is 9.84 Å². The second-order valence-corrected chi connectivity index (χ2v) is 5.39. The van der Waals surface area contributed by atoms with Crippen molar-refractivity contribution in [2.24, 2.45) is 0 Å². The van der Waals surface area contributed by atoms with Crippen LogP contribution in [0.2, 0.25) is 0 Å². The van der Waals surface area contributed by atoms with Crippen LogP contribution >= 0.6 is 0 Å². The van der Waals surface area contributed by atoms with Gasteiger partial charge in [-0.15, -0.1) is 0 Å². The molecule has 1 N–H and O–H groups in total. The quantitative estimate of drug-likeness (QED) is 0.431. The molecule has 114 valence electrons. The van der Waals surface area contributed by atoms with E-state index in [0.29, 0.717) is 24.3 Å².